The number of hydrogen-bond acceptors (Lipinski definition) is 7. The Hall–Kier alpha value is -3.66. The van der Waals surface area contributed by atoms with Crippen molar-refractivity contribution in [3.63, 3.8) is 0 Å². The van der Waals surface area contributed by atoms with Gasteiger partial charge < -0.3 is 10.1 Å². The highest BCUT2D eigenvalue weighted by Gasteiger charge is 2.44. The van der Waals surface area contributed by atoms with Crippen molar-refractivity contribution < 1.29 is 14.3 Å². The number of benzene rings is 2. The second kappa shape index (κ2) is 9.07. The molecule has 0 saturated heterocycles. The quantitative estimate of drug-likeness (QED) is 0.425. The fraction of sp³-hybridized carbons (Fsp3) is 0.261. The van der Waals surface area contributed by atoms with E-state index in [4.69, 9.17) is 4.74 Å². The first-order valence-electron chi connectivity index (χ1n) is 10.6. The van der Waals surface area contributed by atoms with Crippen LogP contribution in [-0.2, 0) is 9.53 Å². The summed E-state index contributed by atoms with van der Waals surface area (Å²) in [6.07, 6.45) is 1.79. The molecule has 1 fully saturated rings. The van der Waals surface area contributed by atoms with Crippen LogP contribution in [0.25, 0.3) is 5.69 Å². The molecule has 0 radical (unpaired) electrons. The molecule has 10 heteroatoms. The number of thioether (sulfide) groups is 1. The van der Waals surface area contributed by atoms with E-state index >= 15 is 0 Å². The predicted molar refractivity (Wildman–Crippen MR) is 121 cm³/mol. The first-order valence-corrected chi connectivity index (χ1v) is 11.6. The van der Waals surface area contributed by atoms with Gasteiger partial charge in [0.1, 0.15) is 0 Å². The number of para-hydroxylation sites is 1. The average Bonchev–Trinajstić information content (AvgIpc) is 3.58. The highest BCUT2D eigenvalue weighted by atomic mass is 32.2. The van der Waals surface area contributed by atoms with Crippen molar-refractivity contribution >= 4 is 23.8 Å². The van der Waals surface area contributed by atoms with Gasteiger partial charge >= 0.3 is 12.0 Å². The molecule has 2 heterocycles. The summed E-state index contributed by atoms with van der Waals surface area (Å²) in [5.74, 6) is -0.127. The van der Waals surface area contributed by atoms with Crippen molar-refractivity contribution in [1.29, 1.82) is 0 Å². The van der Waals surface area contributed by atoms with E-state index in [1.165, 1.54) is 18.9 Å². The SMILES string of the molecule is COC(=O)C1=C(CSc2nnnn2-c2ccccc2)N(C2CC2)C(=O)NC1c1ccccc1. The predicted octanol–water partition coefficient (Wildman–Crippen LogP) is 3.11. The minimum atomic E-state index is -0.595. The number of carbonyl (C=O) groups excluding carboxylic acids is 2. The maximum atomic E-state index is 13.1. The molecule has 0 bridgehead atoms. The standard InChI is InChI=1S/C23H22N6O3S/c1-32-21(30)19-18(14-33-23-25-26-27-29(23)17-10-6-3-7-11-17)28(16-12-13-16)22(31)24-20(19)15-8-4-2-5-9-15/h2-11,16,20H,12-14H2,1H3,(H,24,31). The fourth-order valence-electron chi connectivity index (χ4n) is 3.92. The van der Waals surface area contributed by atoms with Crippen molar-refractivity contribution in [2.45, 2.75) is 30.1 Å². The number of methoxy groups -OCH3 is 1. The highest BCUT2D eigenvalue weighted by molar-refractivity contribution is 7.99. The van der Waals surface area contributed by atoms with Gasteiger partial charge in [-0.15, -0.1) is 5.10 Å². The number of tetrazole rings is 1. The van der Waals surface area contributed by atoms with E-state index < -0.39 is 12.0 Å². The molecule has 2 aliphatic rings. The summed E-state index contributed by atoms with van der Waals surface area (Å²) in [6.45, 7) is 0. The van der Waals surface area contributed by atoms with E-state index in [9.17, 15) is 9.59 Å². The van der Waals surface area contributed by atoms with Crippen LogP contribution in [0.3, 0.4) is 0 Å². The Morgan fingerprint density at radius 2 is 1.82 bits per heavy atom. The van der Waals surface area contributed by atoms with Crippen LogP contribution >= 0.6 is 11.8 Å². The number of carbonyl (C=O) groups is 2. The number of esters is 1. The minimum Gasteiger partial charge on any atom is -0.466 e. The van der Waals surface area contributed by atoms with E-state index in [1.807, 2.05) is 60.7 Å². The summed E-state index contributed by atoms with van der Waals surface area (Å²) in [4.78, 5) is 27.8. The van der Waals surface area contributed by atoms with Crippen molar-refractivity contribution in [2.75, 3.05) is 12.9 Å². The Morgan fingerprint density at radius 1 is 1.12 bits per heavy atom. The Kier molecular flexibility index (Phi) is 5.82. The van der Waals surface area contributed by atoms with Gasteiger partial charge in [-0.3, -0.25) is 4.90 Å². The Labute approximate surface area is 194 Å². The summed E-state index contributed by atoms with van der Waals surface area (Å²) >= 11 is 1.37. The zero-order chi connectivity index (χ0) is 22.8. The van der Waals surface area contributed by atoms with E-state index in [1.54, 1.807) is 9.58 Å². The normalized spacial score (nSPS) is 18.3. The van der Waals surface area contributed by atoms with Crippen LogP contribution in [0.1, 0.15) is 24.4 Å². The van der Waals surface area contributed by atoms with Gasteiger partial charge in [0.05, 0.1) is 24.4 Å². The van der Waals surface area contributed by atoms with Gasteiger partial charge in [-0.2, -0.15) is 4.68 Å². The number of urea groups is 1. The molecule has 3 aromatic rings. The van der Waals surface area contributed by atoms with Crippen LogP contribution in [0.4, 0.5) is 4.79 Å². The Morgan fingerprint density at radius 3 is 2.48 bits per heavy atom. The summed E-state index contributed by atoms with van der Waals surface area (Å²) in [5, 5.41) is 15.6. The van der Waals surface area contributed by atoms with Crippen LogP contribution in [0.15, 0.2) is 77.1 Å². The number of nitrogens with one attached hydrogen (secondary N) is 1. The van der Waals surface area contributed by atoms with E-state index in [2.05, 4.69) is 20.8 Å². The molecule has 0 spiro atoms. The van der Waals surface area contributed by atoms with E-state index in [0.717, 1.165) is 24.1 Å². The maximum absolute atomic E-state index is 13.1. The number of aromatic nitrogens is 4. The van der Waals surface area contributed by atoms with Gasteiger partial charge in [0.25, 0.3) is 0 Å². The number of ether oxygens (including phenoxy) is 1. The van der Waals surface area contributed by atoms with Crippen LogP contribution in [0.5, 0.6) is 0 Å². The average molecular weight is 463 g/mol. The first kappa shape index (κ1) is 21.2. The minimum absolute atomic E-state index is 0.0714. The molecular weight excluding hydrogens is 440 g/mol. The summed E-state index contributed by atoms with van der Waals surface area (Å²) < 4.78 is 6.80. The molecule has 1 N–H and O–H groups in total. The van der Waals surface area contributed by atoms with Gasteiger partial charge in [0, 0.05) is 17.5 Å². The van der Waals surface area contributed by atoms with Crippen LogP contribution < -0.4 is 5.32 Å². The first-order chi connectivity index (χ1) is 16.2. The third kappa shape index (κ3) is 4.21. The molecule has 1 aliphatic carbocycles. The number of amides is 2. The number of rotatable bonds is 7. The second-order valence-corrected chi connectivity index (χ2v) is 8.69. The zero-order valence-electron chi connectivity index (χ0n) is 17.9. The van der Waals surface area contributed by atoms with Gasteiger partial charge in [-0.1, -0.05) is 60.3 Å². The van der Waals surface area contributed by atoms with E-state index in [0.29, 0.717) is 22.2 Å². The fourth-order valence-corrected chi connectivity index (χ4v) is 4.84. The molecule has 9 nitrogen and oxygen atoms in total. The zero-order valence-corrected chi connectivity index (χ0v) is 18.7. The van der Waals surface area contributed by atoms with Gasteiger partial charge in [-0.25, -0.2) is 9.59 Å². The summed E-state index contributed by atoms with van der Waals surface area (Å²) in [6, 6.07) is 18.3. The molecule has 168 valence electrons. The highest BCUT2D eigenvalue weighted by Crippen LogP contribution is 2.40. The lowest BCUT2D eigenvalue weighted by Gasteiger charge is -2.36. The Bertz CT molecular complexity index is 1190. The van der Waals surface area contributed by atoms with Crippen LogP contribution in [0.2, 0.25) is 0 Å². The molecule has 5 rings (SSSR count). The molecule has 33 heavy (non-hydrogen) atoms. The largest absolute Gasteiger partial charge is 0.466 e. The van der Waals surface area contributed by atoms with Gasteiger partial charge in [0.2, 0.25) is 5.16 Å². The third-order valence-electron chi connectivity index (χ3n) is 5.61. The molecular formula is C23H22N6O3S. The van der Waals surface area contributed by atoms with Crippen molar-refractivity contribution in [1.82, 2.24) is 30.4 Å². The van der Waals surface area contributed by atoms with Gasteiger partial charge in [-0.05, 0) is 41.0 Å². The molecule has 1 unspecified atom stereocenters. The smallest absolute Gasteiger partial charge is 0.338 e. The topological polar surface area (TPSA) is 102 Å². The lowest BCUT2D eigenvalue weighted by atomic mass is 9.95. The lowest BCUT2D eigenvalue weighted by Crippen LogP contribution is -2.50. The van der Waals surface area contributed by atoms with Crippen LogP contribution in [-0.4, -0.2) is 56.0 Å². The van der Waals surface area contributed by atoms with Crippen LogP contribution in [0, 0.1) is 0 Å². The molecule has 2 aromatic carbocycles. The molecule has 1 saturated carbocycles. The molecule has 1 aliphatic heterocycles. The third-order valence-corrected chi connectivity index (χ3v) is 6.54. The summed E-state index contributed by atoms with van der Waals surface area (Å²) in [5.41, 5.74) is 2.71. The Balaban J connectivity index is 1.54. The second-order valence-electron chi connectivity index (χ2n) is 7.74. The lowest BCUT2D eigenvalue weighted by molar-refractivity contribution is -0.136. The van der Waals surface area contributed by atoms with E-state index in [-0.39, 0.29) is 12.1 Å². The van der Waals surface area contributed by atoms with Gasteiger partial charge in [0.15, 0.2) is 0 Å². The molecule has 1 aromatic heterocycles. The molecule has 2 amide bonds. The number of nitrogens with zero attached hydrogens (tertiary/aromatic N) is 5. The van der Waals surface area contributed by atoms with Crippen molar-refractivity contribution in [2.24, 2.45) is 0 Å². The van der Waals surface area contributed by atoms with Crippen molar-refractivity contribution in [3.8, 4) is 5.69 Å². The number of hydrogen-bond donors (Lipinski definition) is 1. The maximum Gasteiger partial charge on any atom is 0.338 e. The monoisotopic (exact) mass is 462 g/mol. The molecule has 1 atom stereocenters. The van der Waals surface area contributed by atoms with Crippen molar-refractivity contribution in [3.05, 3.63) is 77.5 Å². The summed E-state index contributed by atoms with van der Waals surface area (Å²) in [7, 11) is 1.36.